The summed E-state index contributed by atoms with van der Waals surface area (Å²) in [5.41, 5.74) is 7.25. The molecule has 0 aliphatic heterocycles. The van der Waals surface area contributed by atoms with Gasteiger partial charge in [0.25, 0.3) is 5.56 Å². The third-order valence-corrected chi connectivity index (χ3v) is 4.64. The van der Waals surface area contributed by atoms with Crippen LogP contribution in [-0.2, 0) is 14.4 Å². The SMILES string of the molecule is CCC(NC(=O)CN)n1cc(-c2ccccc2)c2ccccc2c1=O.O=C(O)/C=C\C(=O)O. The highest BCUT2D eigenvalue weighted by Gasteiger charge is 2.17. The Labute approximate surface area is 189 Å². The zero-order valence-electron chi connectivity index (χ0n) is 18.0. The monoisotopic (exact) mass is 451 g/mol. The minimum absolute atomic E-state index is 0.107. The molecular formula is C24H25N3O6. The summed E-state index contributed by atoms with van der Waals surface area (Å²) in [5.74, 6) is -2.80. The fourth-order valence-electron chi connectivity index (χ4n) is 3.15. The van der Waals surface area contributed by atoms with Crippen molar-refractivity contribution in [3.8, 4) is 11.1 Å². The number of nitrogens with zero attached hydrogens (tertiary/aromatic N) is 1. The number of rotatable bonds is 7. The predicted octanol–water partition coefficient (Wildman–Crippen LogP) is 2.36. The van der Waals surface area contributed by atoms with Crippen molar-refractivity contribution in [2.75, 3.05) is 6.54 Å². The first-order valence-corrected chi connectivity index (χ1v) is 10.1. The summed E-state index contributed by atoms with van der Waals surface area (Å²) in [6.07, 6.45) is 3.09. The molecule has 1 amide bonds. The number of carbonyl (C=O) groups excluding carboxylic acids is 1. The Hall–Kier alpha value is -4.24. The average Bonchev–Trinajstić information content (AvgIpc) is 2.82. The molecule has 1 aromatic heterocycles. The number of aromatic nitrogens is 1. The Balaban J connectivity index is 0.000000414. The Morgan fingerprint density at radius 3 is 2.03 bits per heavy atom. The van der Waals surface area contributed by atoms with E-state index in [1.807, 2.05) is 67.7 Å². The quantitative estimate of drug-likeness (QED) is 0.402. The summed E-state index contributed by atoms with van der Waals surface area (Å²) in [7, 11) is 0. The smallest absolute Gasteiger partial charge is 0.328 e. The summed E-state index contributed by atoms with van der Waals surface area (Å²) in [4.78, 5) is 43.8. The molecule has 0 saturated heterocycles. The lowest BCUT2D eigenvalue weighted by Crippen LogP contribution is -2.40. The van der Waals surface area contributed by atoms with E-state index in [0.717, 1.165) is 16.5 Å². The molecule has 9 heteroatoms. The van der Waals surface area contributed by atoms with Crippen LogP contribution in [0.1, 0.15) is 19.5 Å². The maximum atomic E-state index is 13.0. The second-order valence-electron chi connectivity index (χ2n) is 6.87. The van der Waals surface area contributed by atoms with Gasteiger partial charge in [0.1, 0.15) is 6.17 Å². The van der Waals surface area contributed by atoms with Crippen LogP contribution in [0.4, 0.5) is 0 Å². The number of carbonyl (C=O) groups is 3. The van der Waals surface area contributed by atoms with E-state index in [4.69, 9.17) is 15.9 Å². The number of carboxylic acids is 2. The molecule has 3 aromatic rings. The first-order chi connectivity index (χ1) is 15.8. The molecule has 0 fully saturated rings. The minimum Gasteiger partial charge on any atom is -0.478 e. The standard InChI is InChI=1S/C20H21N3O2.C4H4O4/c1-2-18(22-19(24)12-21)23-13-17(14-8-4-3-5-9-14)15-10-6-7-11-16(15)20(23)25;5-3(6)1-2-4(7)8/h3-11,13,18H,2,12,21H2,1H3,(H,22,24);1-2H,(H,5,6)(H,7,8)/b;2-1-. The van der Waals surface area contributed by atoms with Gasteiger partial charge in [-0.3, -0.25) is 14.2 Å². The Morgan fingerprint density at radius 1 is 0.970 bits per heavy atom. The van der Waals surface area contributed by atoms with Crippen molar-refractivity contribution in [2.45, 2.75) is 19.5 Å². The topological polar surface area (TPSA) is 152 Å². The molecule has 0 saturated carbocycles. The van der Waals surface area contributed by atoms with Crippen molar-refractivity contribution in [1.29, 1.82) is 0 Å². The predicted molar refractivity (Wildman–Crippen MR) is 125 cm³/mol. The highest BCUT2D eigenvalue weighted by Crippen LogP contribution is 2.27. The van der Waals surface area contributed by atoms with Crippen LogP contribution in [0, 0.1) is 0 Å². The molecule has 9 nitrogen and oxygen atoms in total. The number of nitrogens with one attached hydrogen (secondary N) is 1. The zero-order chi connectivity index (χ0) is 24.4. The number of nitrogens with two attached hydrogens (primary N) is 1. The lowest BCUT2D eigenvalue weighted by Gasteiger charge is -2.21. The fourth-order valence-corrected chi connectivity index (χ4v) is 3.15. The van der Waals surface area contributed by atoms with Crippen molar-refractivity contribution < 1.29 is 24.6 Å². The second-order valence-corrected chi connectivity index (χ2v) is 6.87. The highest BCUT2D eigenvalue weighted by atomic mass is 16.4. The summed E-state index contributed by atoms with van der Waals surface area (Å²) >= 11 is 0. The minimum atomic E-state index is -1.26. The molecule has 0 radical (unpaired) electrons. The Kier molecular flexibility index (Phi) is 9.07. The normalized spacial score (nSPS) is 11.5. The van der Waals surface area contributed by atoms with Crippen molar-refractivity contribution in [3.05, 3.63) is 83.3 Å². The molecule has 1 atom stereocenters. The van der Waals surface area contributed by atoms with E-state index < -0.39 is 18.1 Å². The van der Waals surface area contributed by atoms with Crippen LogP contribution >= 0.6 is 0 Å². The number of carboxylic acid groups (broad SMARTS) is 2. The van der Waals surface area contributed by atoms with Crippen LogP contribution in [0.25, 0.3) is 21.9 Å². The second kappa shape index (κ2) is 12.0. The molecule has 2 aromatic carbocycles. The van der Waals surface area contributed by atoms with E-state index in [1.54, 1.807) is 4.57 Å². The Morgan fingerprint density at radius 2 is 1.52 bits per heavy atom. The van der Waals surface area contributed by atoms with Gasteiger partial charge in [0.05, 0.1) is 6.54 Å². The molecule has 172 valence electrons. The molecule has 33 heavy (non-hydrogen) atoms. The number of hydrogen-bond donors (Lipinski definition) is 4. The van der Waals surface area contributed by atoms with Crippen LogP contribution in [0.15, 0.2) is 77.7 Å². The third-order valence-electron chi connectivity index (χ3n) is 4.64. The zero-order valence-corrected chi connectivity index (χ0v) is 18.0. The number of benzene rings is 2. The van der Waals surface area contributed by atoms with Crippen molar-refractivity contribution in [3.63, 3.8) is 0 Å². The summed E-state index contributed by atoms with van der Waals surface area (Å²) in [6, 6.07) is 17.4. The van der Waals surface area contributed by atoms with E-state index in [9.17, 15) is 19.2 Å². The van der Waals surface area contributed by atoms with Gasteiger partial charge in [-0.05, 0) is 23.4 Å². The molecule has 0 aliphatic rings. The fraction of sp³-hybridized carbons (Fsp3) is 0.167. The number of hydrogen-bond acceptors (Lipinski definition) is 5. The van der Waals surface area contributed by atoms with Crippen molar-refractivity contribution in [2.24, 2.45) is 5.73 Å². The van der Waals surface area contributed by atoms with Crippen LogP contribution in [-0.4, -0.2) is 39.2 Å². The van der Waals surface area contributed by atoms with E-state index in [1.165, 1.54) is 0 Å². The van der Waals surface area contributed by atoms with Crippen LogP contribution in [0.5, 0.6) is 0 Å². The summed E-state index contributed by atoms with van der Waals surface area (Å²) in [6.45, 7) is 1.82. The van der Waals surface area contributed by atoms with E-state index in [2.05, 4.69) is 5.32 Å². The number of fused-ring (bicyclic) bond motifs is 1. The van der Waals surface area contributed by atoms with Gasteiger partial charge in [-0.25, -0.2) is 9.59 Å². The van der Waals surface area contributed by atoms with Gasteiger partial charge in [-0.1, -0.05) is 55.5 Å². The molecule has 0 aliphatic carbocycles. The van der Waals surface area contributed by atoms with Gasteiger partial charge in [0, 0.05) is 29.3 Å². The summed E-state index contributed by atoms with van der Waals surface area (Å²) in [5, 5.41) is 20.0. The van der Waals surface area contributed by atoms with Crippen molar-refractivity contribution >= 4 is 28.6 Å². The molecule has 0 spiro atoms. The first kappa shape index (κ1) is 25.0. The van der Waals surface area contributed by atoms with Gasteiger partial charge < -0.3 is 21.3 Å². The lowest BCUT2D eigenvalue weighted by atomic mass is 10.0. The van der Waals surface area contributed by atoms with Gasteiger partial charge in [-0.2, -0.15) is 0 Å². The van der Waals surface area contributed by atoms with Crippen molar-refractivity contribution in [1.82, 2.24) is 9.88 Å². The molecule has 1 unspecified atom stereocenters. The van der Waals surface area contributed by atoms with Crippen LogP contribution < -0.4 is 16.6 Å². The first-order valence-electron chi connectivity index (χ1n) is 10.1. The van der Waals surface area contributed by atoms with Crippen LogP contribution in [0.3, 0.4) is 0 Å². The maximum absolute atomic E-state index is 13.0. The van der Waals surface area contributed by atoms with E-state index in [0.29, 0.717) is 24.0 Å². The van der Waals surface area contributed by atoms with Gasteiger partial charge in [-0.15, -0.1) is 0 Å². The molecule has 1 heterocycles. The lowest BCUT2D eigenvalue weighted by molar-refractivity contribution is -0.134. The summed E-state index contributed by atoms with van der Waals surface area (Å²) < 4.78 is 1.60. The number of amides is 1. The van der Waals surface area contributed by atoms with Gasteiger partial charge in [0.2, 0.25) is 5.91 Å². The van der Waals surface area contributed by atoms with E-state index in [-0.39, 0.29) is 18.0 Å². The largest absolute Gasteiger partial charge is 0.478 e. The van der Waals surface area contributed by atoms with Gasteiger partial charge in [0.15, 0.2) is 0 Å². The molecular weight excluding hydrogens is 426 g/mol. The van der Waals surface area contributed by atoms with Crippen LogP contribution in [0.2, 0.25) is 0 Å². The third kappa shape index (κ3) is 6.88. The van der Waals surface area contributed by atoms with Gasteiger partial charge >= 0.3 is 11.9 Å². The molecule has 0 bridgehead atoms. The number of pyridine rings is 1. The molecule has 5 N–H and O–H groups in total. The highest BCUT2D eigenvalue weighted by molar-refractivity contribution is 5.95. The number of aliphatic carboxylic acids is 2. The van der Waals surface area contributed by atoms with E-state index >= 15 is 0 Å². The molecule has 3 rings (SSSR count). The maximum Gasteiger partial charge on any atom is 0.328 e. The average molecular weight is 451 g/mol. The Bertz CT molecular complexity index is 1200.